The maximum Gasteiger partial charge on any atom is 0.133 e. The number of halogens is 2. The fraction of sp³-hybridized carbons (Fsp3) is 0.700. The van der Waals surface area contributed by atoms with Crippen LogP contribution in [0.15, 0.2) is 12.1 Å². The van der Waals surface area contributed by atoms with Crippen molar-refractivity contribution in [3.63, 3.8) is 0 Å². The summed E-state index contributed by atoms with van der Waals surface area (Å²) >= 11 is 4.70. The highest BCUT2D eigenvalue weighted by molar-refractivity contribution is 14.1. The first-order chi connectivity index (χ1) is 11.7. The second kappa shape index (κ2) is 14.4. The summed E-state index contributed by atoms with van der Waals surface area (Å²) in [6.07, 6.45) is 12.7. The lowest BCUT2D eigenvalue weighted by Gasteiger charge is -2.13. The van der Waals surface area contributed by atoms with Crippen LogP contribution in [0.5, 0.6) is 11.5 Å². The molecular formula is C20H32I2O2. The first kappa shape index (κ1) is 22.3. The Morgan fingerprint density at radius 2 is 1.00 bits per heavy atom. The second-order valence-corrected chi connectivity index (χ2v) is 8.56. The standard InChI is InChI=1S/C20H32I2O2/c1-3-5-7-9-11-13-23-19-15-18(22)20(16-17(19)21)24-14-12-10-8-6-4-2/h15-16H,3-14H2,1-2H3. The third-order valence-electron chi connectivity index (χ3n) is 4.00. The van der Waals surface area contributed by atoms with E-state index in [0.717, 1.165) is 44.7 Å². The van der Waals surface area contributed by atoms with Crippen molar-refractivity contribution in [2.24, 2.45) is 0 Å². The van der Waals surface area contributed by atoms with Crippen molar-refractivity contribution < 1.29 is 9.47 Å². The summed E-state index contributed by atoms with van der Waals surface area (Å²) in [5, 5.41) is 0. The lowest BCUT2D eigenvalue weighted by atomic mass is 10.2. The van der Waals surface area contributed by atoms with Gasteiger partial charge < -0.3 is 9.47 Å². The summed E-state index contributed by atoms with van der Waals surface area (Å²) < 4.78 is 14.2. The van der Waals surface area contributed by atoms with Crippen LogP contribution in [0.3, 0.4) is 0 Å². The number of hydrogen-bond donors (Lipinski definition) is 0. The Morgan fingerprint density at radius 3 is 1.38 bits per heavy atom. The number of unbranched alkanes of at least 4 members (excludes halogenated alkanes) is 8. The van der Waals surface area contributed by atoms with Crippen molar-refractivity contribution in [1.29, 1.82) is 0 Å². The fourth-order valence-corrected chi connectivity index (χ4v) is 3.70. The van der Waals surface area contributed by atoms with E-state index in [-0.39, 0.29) is 0 Å². The van der Waals surface area contributed by atoms with Crippen molar-refractivity contribution in [3.8, 4) is 11.5 Å². The number of hydrogen-bond acceptors (Lipinski definition) is 2. The molecule has 0 heterocycles. The van der Waals surface area contributed by atoms with E-state index in [1.165, 1.54) is 51.4 Å². The average Bonchev–Trinajstić information content (AvgIpc) is 2.57. The van der Waals surface area contributed by atoms with Gasteiger partial charge in [0.05, 0.1) is 20.4 Å². The van der Waals surface area contributed by atoms with E-state index >= 15 is 0 Å². The highest BCUT2D eigenvalue weighted by Crippen LogP contribution is 2.31. The largest absolute Gasteiger partial charge is 0.492 e. The van der Waals surface area contributed by atoms with Crippen LogP contribution in [0.4, 0.5) is 0 Å². The molecule has 0 radical (unpaired) electrons. The molecule has 4 heteroatoms. The van der Waals surface area contributed by atoms with Crippen LogP contribution < -0.4 is 9.47 Å². The van der Waals surface area contributed by atoms with Crippen molar-refractivity contribution in [2.75, 3.05) is 13.2 Å². The zero-order chi connectivity index (χ0) is 17.6. The van der Waals surface area contributed by atoms with Crippen LogP contribution in [-0.4, -0.2) is 13.2 Å². The molecule has 0 unspecified atom stereocenters. The highest BCUT2D eigenvalue weighted by Gasteiger charge is 2.09. The van der Waals surface area contributed by atoms with Crippen LogP contribution >= 0.6 is 45.2 Å². The summed E-state index contributed by atoms with van der Waals surface area (Å²) in [6.45, 7) is 6.12. The van der Waals surface area contributed by atoms with Gasteiger partial charge in [0.25, 0.3) is 0 Å². The van der Waals surface area contributed by atoms with Crippen LogP contribution in [0.1, 0.15) is 78.1 Å². The van der Waals surface area contributed by atoms with Crippen LogP contribution in [0.2, 0.25) is 0 Å². The lowest BCUT2D eigenvalue weighted by Crippen LogP contribution is -2.02. The Morgan fingerprint density at radius 1 is 0.625 bits per heavy atom. The predicted octanol–water partition coefficient (Wildman–Crippen LogP) is 7.59. The van der Waals surface area contributed by atoms with E-state index in [9.17, 15) is 0 Å². The Labute approximate surface area is 175 Å². The molecule has 0 bridgehead atoms. The van der Waals surface area contributed by atoms with Crippen LogP contribution in [0.25, 0.3) is 0 Å². The van der Waals surface area contributed by atoms with Crippen molar-refractivity contribution in [3.05, 3.63) is 19.3 Å². The van der Waals surface area contributed by atoms with Gasteiger partial charge in [0.2, 0.25) is 0 Å². The van der Waals surface area contributed by atoms with Gasteiger partial charge in [-0.05, 0) is 70.2 Å². The molecule has 0 aromatic heterocycles. The summed E-state index contributed by atoms with van der Waals surface area (Å²) in [7, 11) is 0. The minimum Gasteiger partial charge on any atom is -0.492 e. The second-order valence-electron chi connectivity index (χ2n) is 6.24. The topological polar surface area (TPSA) is 18.5 Å². The summed E-state index contributed by atoms with van der Waals surface area (Å²) in [4.78, 5) is 0. The van der Waals surface area contributed by atoms with Crippen LogP contribution in [0, 0.1) is 7.14 Å². The summed E-state index contributed by atoms with van der Waals surface area (Å²) in [5.74, 6) is 1.98. The van der Waals surface area contributed by atoms with E-state index < -0.39 is 0 Å². The monoisotopic (exact) mass is 558 g/mol. The molecule has 1 aromatic rings. The van der Waals surface area contributed by atoms with Gasteiger partial charge in [-0.1, -0.05) is 65.2 Å². The van der Waals surface area contributed by atoms with Gasteiger partial charge >= 0.3 is 0 Å². The summed E-state index contributed by atoms with van der Waals surface area (Å²) in [5.41, 5.74) is 0. The van der Waals surface area contributed by atoms with E-state index in [0.29, 0.717) is 0 Å². The third kappa shape index (κ3) is 9.68. The smallest absolute Gasteiger partial charge is 0.133 e. The highest BCUT2D eigenvalue weighted by atomic mass is 127. The van der Waals surface area contributed by atoms with E-state index in [2.05, 4.69) is 71.2 Å². The van der Waals surface area contributed by atoms with E-state index in [1.807, 2.05) is 0 Å². The molecular weight excluding hydrogens is 526 g/mol. The predicted molar refractivity (Wildman–Crippen MR) is 120 cm³/mol. The Balaban J connectivity index is 2.33. The molecule has 0 aliphatic rings. The molecule has 0 fully saturated rings. The van der Waals surface area contributed by atoms with Gasteiger partial charge in [-0.2, -0.15) is 0 Å². The molecule has 1 aromatic carbocycles. The minimum atomic E-state index is 0.813. The van der Waals surface area contributed by atoms with Gasteiger partial charge in [0.1, 0.15) is 11.5 Å². The fourth-order valence-electron chi connectivity index (χ4n) is 2.51. The zero-order valence-electron chi connectivity index (χ0n) is 15.2. The molecule has 138 valence electrons. The van der Waals surface area contributed by atoms with Gasteiger partial charge in [-0.15, -0.1) is 0 Å². The zero-order valence-corrected chi connectivity index (χ0v) is 19.5. The van der Waals surface area contributed by atoms with Gasteiger partial charge in [-0.3, -0.25) is 0 Å². The van der Waals surface area contributed by atoms with Gasteiger partial charge in [0, 0.05) is 0 Å². The maximum atomic E-state index is 5.95. The Hall–Kier alpha value is 0.280. The van der Waals surface area contributed by atoms with Gasteiger partial charge in [0.15, 0.2) is 0 Å². The third-order valence-corrected chi connectivity index (χ3v) is 5.68. The van der Waals surface area contributed by atoms with E-state index in [1.54, 1.807) is 0 Å². The Bertz CT molecular complexity index is 408. The van der Waals surface area contributed by atoms with Crippen molar-refractivity contribution in [2.45, 2.75) is 78.1 Å². The first-order valence-corrected chi connectivity index (χ1v) is 11.6. The minimum absolute atomic E-state index is 0.813. The van der Waals surface area contributed by atoms with Crippen LogP contribution in [-0.2, 0) is 0 Å². The SMILES string of the molecule is CCCCCCCOc1cc(I)c(OCCCCCCC)cc1I. The van der Waals surface area contributed by atoms with E-state index in [4.69, 9.17) is 9.47 Å². The lowest BCUT2D eigenvalue weighted by molar-refractivity contribution is 0.293. The van der Waals surface area contributed by atoms with Gasteiger partial charge in [-0.25, -0.2) is 0 Å². The summed E-state index contributed by atoms with van der Waals surface area (Å²) in [6, 6.07) is 4.22. The first-order valence-electron chi connectivity index (χ1n) is 9.43. The average molecular weight is 558 g/mol. The number of benzene rings is 1. The molecule has 0 amide bonds. The molecule has 0 saturated heterocycles. The molecule has 0 aliphatic heterocycles. The molecule has 24 heavy (non-hydrogen) atoms. The molecule has 0 saturated carbocycles. The van der Waals surface area contributed by atoms with Crippen molar-refractivity contribution in [1.82, 2.24) is 0 Å². The molecule has 1 rings (SSSR count). The maximum absolute atomic E-state index is 5.95. The Kier molecular flexibility index (Phi) is 13.4. The molecule has 0 aliphatic carbocycles. The number of rotatable bonds is 14. The molecule has 2 nitrogen and oxygen atoms in total. The molecule has 0 atom stereocenters. The normalized spacial score (nSPS) is 10.8. The molecule has 0 spiro atoms. The molecule has 0 N–H and O–H groups in total. The van der Waals surface area contributed by atoms with Crippen molar-refractivity contribution >= 4 is 45.2 Å². The number of ether oxygens (including phenoxy) is 2. The quantitative estimate of drug-likeness (QED) is 0.173.